The maximum absolute atomic E-state index is 13.7. The number of unbranched alkanes of at least 4 members (excludes halogenated alkanes) is 1. The van der Waals surface area contributed by atoms with Crippen LogP contribution in [0.25, 0.3) is 10.2 Å². The van der Waals surface area contributed by atoms with Gasteiger partial charge in [-0.3, -0.25) is 14.6 Å². The summed E-state index contributed by atoms with van der Waals surface area (Å²) >= 11 is 1.33. The summed E-state index contributed by atoms with van der Waals surface area (Å²) in [6.45, 7) is 7.02. The van der Waals surface area contributed by atoms with Gasteiger partial charge in [-0.15, -0.1) is 0 Å². The molecule has 3 aromatic rings. The van der Waals surface area contributed by atoms with Gasteiger partial charge in [-0.2, -0.15) is 0 Å². The Morgan fingerprint density at radius 2 is 2.09 bits per heavy atom. The van der Waals surface area contributed by atoms with Crippen LogP contribution in [-0.4, -0.2) is 61.8 Å². The Morgan fingerprint density at radius 3 is 2.91 bits per heavy atom. The third kappa shape index (κ3) is 5.62. The molecule has 8 heteroatoms. The summed E-state index contributed by atoms with van der Waals surface area (Å²) < 4.78 is 25.6. The molecule has 1 aliphatic rings. The molecule has 1 saturated heterocycles. The monoisotopic (exact) mass is 457 g/mol. The topological polar surface area (TPSA) is 54.9 Å². The van der Waals surface area contributed by atoms with E-state index in [0.29, 0.717) is 54.9 Å². The Morgan fingerprint density at radius 1 is 1.25 bits per heavy atom. The Kier molecular flexibility index (Phi) is 7.68. The third-order valence-corrected chi connectivity index (χ3v) is 6.45. The molecule has 0 aliphatic carbocycles. The summed E-state index contributed by atoms with van der Waals surface area (Å²) in [5.41, 5.74) is 1.23. The first-order valence-corrected chi connectivity index (χ1v) is 11.9. The summed E-state index contributed by atoms with van der Waals surface area (Å²) in [5.74, 6) is 0.235. The molecule has 0 bridgehead atoms. The molecule has 0 radical (unpaired) electrons. The molecule has 1 aromatic heterocycles. The first kappa shape index (κ1) is 22.6. The highest BCUT2D eigenvalue weighted by Gasteiger charge is 2.23. The zero-order chi connectivity index (χ0) is 22.3. The number of fused-ring (bicyclic) bond motifs is 1. The minimum absolute atomic E-state index is 0.140. The number of carbonyl (C=O) groups is 1. The molecule has 1 amide bonds. The van der Waals surface area contributed by atoms with Crippen molar-refractivity contribution in [3.05, 3.63) is 53.8 Å². The molecule has 6 nitrogen and oxygen atoms in total. The molecular weight excluding hydrogens is 429 g/mol. The standard InChI is InChI=1S/C24H28FN3O3S/c1-2-3-13-31-20-6-4-5-18(16-20)23(29)28(10-9-27-11-14-30-15-12-27)24-26-21-8-7-19(25)17-22(21)32-24/h4-8,16-17H,2-3,9-15H2,1H3. The fraction of sp³-hybridized carbons (Fsp3) is 0.417. The Balaban J connectivity index is 1.58. The van der Waals surface area contributed by atoms with Crippen LogP contribution in [0.1, 0.15) is 30.1 Å². The molecule has 0 saturated carbocycles. The summed E-state index contributed by atoms with van der Waals surface area (Å²) in [6, 6.07) is 11.8. The maximum atomic E-state index is 13.7. The summed E-state index contributed by atoms with van der Waals surface area (Å²) in [7, 11) is 0. The molecule has 1 aliphatic heterocycles. The van der Waals surface area contributed by atoms with Crippen molar-refractivity contribution in [3.63, 3.8) is 0 Å². The number of thiazole rings is 1. The van der Waals surface area contributed by atoms with Gasteiger partial charge in [0.15, 0.2) is 5.13 Å². The predicted molar refractivity (Wildman–Crippen MR) is 125 cm³/mol. The van der Waals surface area contributed by atoms with Gasteiger partial charge in [-0.05, 0) is 42.8 Å². The van der Waals surface area contributed by atoms with Crippen molar-refractivity contribution in [1.82, 2.24) is 9.88 Å². The van der Waals surface area contributed by atoms with E-state index in [4.69, 9.17) is 9.47 Å². The van der Waals surface area contributed by atoms with Crippen LogP contribution in [0, 0.1) is 5.82 Å². The van der Waals surface area contributed by atoms with Gasteiger partial charge in [-0.25, -0.2) is 9.37 Å². The van der Waals surface area contributed by atoms with Crippen LogP contribution in [-0.2, 0) is 4.74 Å². The van der Waals surface area contributed by atoms with Crippen LogP contribution in [0.15, 0.2) is 42.5 Å². The molecule has 4 rings (SSSR count). The van der Waals surface area contributed by atoms with Gasteiger partial charge in [0.25, 0.3) is 5.91 Å². The van der Waals surface area contributed by atoms with Gasteiger partial charge in [0.05, 0.1) is 30.0 Å². The van der Waals surface area contributed by atoms with E-state index in [2.05, 4.69) is 16.8 Å². The summed E-state index contributed by atoms with van der Waals surface area (Å²) in [5, 5.41) is 0.571. The maximum Gasteiger partial charge on any atom is 0.260 e. The van der Waals surface area contributed by atoms with Gasteiger partial charge >= 0.3 is 0 Å². The van der Waals surface area contributed by atoms with Crippen LogP contribution in [0.2, 0.25) is 0 Å². The van der Waals surface area contributed by atoms with Crippen LogP contribution >= 0.6 is 11.3 Å². The molecule has 170 valence electrons. The number of ether oxygens (including phenoxy) is 2. The van der Waals surface area contributed by atoms with Crippen molar-refractivity contribution >= 4 is 32.6 Å². The SMILES string of the molecule is CCCCOc1cccc(C(=O)N(CCN2CCOCC2)c2nc3ccc(F)cc3s2)c1. The molecule has 1 fully saturated rings. The number of aromatic nitrogens is 1. The average Bonchev–Trinajstić information content (AvgIpc) is 3.23. The number of hydrogen-bond acceptors (Lipinski definition) is 6. The van der Waals surface area contributed by atoms with Gasteiger partial charge in [-0.1, -0.05) is 30.7 Å². The van der Waals surface area contributed by atoms with E-state index >= 15 is 0 Å². The lowest BCUT2D eigenvalue weighted by Crippen LogP contribution is -2.43. The van der Waals surface area contributed by atoms with E-state index in [0.717, 1.165) is 30.6 Å². The number of hydrogen-bond donors (Lipinski definition) is 0. The number of carbonyl (C=O) groups excluding carboxylic acids is 1. The zero-order valence-electron chi connectivity index (χ0n) is 18.3. The normalized spacial score (nSPS) is 14.6. The first-order chi connectivity index (χ1) is 15.6. The highest BCUT2D eigenvalue weighted by molar-refractivity contribution is 7.22. The molecule has 0 spiro atoms. The number of morpholine rings is 1. The van der Waals surface area contributed by atoms with Crippen LogP contribution in [0.4, 0.5) is 9.52 Å². The van der Waals surface area contributed by atoms with Crippen molar-refractivity contribution in [2.75, 3.05) is 50.9 Å². The van der Waals surface area contributed by atoms with E-state index in [9.17, 15) is 9.18 Å². The quantitative estimate of drug-likeness (QED) is 0.440. The van der Waals surface area contributed by atoms with E-state index < -0.39 is 0 Å². The molecule has 0 N–H and O–H groups in total. The lowest BCUT2D eigenvalue weighted by Gasteiger charge is -2.29. The van der Waals surface area contributed by atoms with E-state index in [-0.39, 0.29) is 11.7 Å². The van der Waals surface area contributed by atoms with E-state index in [1.165, 1.54) is 23.5 Å². The van der Waals surface area contributed by atoms with Gasteiger partial charge in [0.1, 0.15) is 11.6 Å². The van der Waals surface area contributed by atoms with Crippen LogP contribution in [0.3, 0.4) is 0 Å². The zero-order valence-corrected chi connectivity index (χ0v) is 19.1. The Labute approximate surface area is 191 Å². The number of halogens is 1. The number of rotatable bonds is 9. The van der Waals surface area contributed by atoms with Crippen molar-refractivity contribution in [3.8, 4) is 5.75 Å². The lowest BCUT2D eigenvalue weighted by atomic mass is 10.2. The van der Waals surface area contributed by atoms with Crippen molar-refractivity contribution < 1.29 is 18.7 Å². The van der Waals surface area contributed by atoms with E-state index in [1.807, 2.05) is 12.1 Å². The molecule has 32 heavy (non-hydrogen) atoms. The summed E-state index contributed by atoms with van der Waals surface area (Å²) in [6.07, 6.45) is 2.01. The Bertz CT molecular complexity index is 1050. The highest BCUT2D eigenvalue weighted by Crippen LogP contribution is 2.30. The first-order valence-electron chi connectivity index (χ1n) is 11.0. The second-order valence-electron chi connectivity index (χ2n) is 7.75. The van der Waals surface area contributed by atoms with Gasteiger partial charge < -0.3 is 9.47 Å². The fourth-order valence-electron chi connectivity index (χ4n) is 3.56. The van der Waals surface area contributed by atoms with Gasteiger partial charge in [0, 0.05) is 31.7 Å². The number of amides is 1. The minimum atomic E-state index is -0.309. The molecule has 2 aromatic carbocycles. The van der Waals surface area contributed by atoms with Crippen LogP contribution < -0.4 is 9.64 Å². The predicted octanol–water partition coefficient (Wildman–Crippen LogP) is 4.59. The molecular formula is C24H28FN3O3S. The lowest BCUT2D eigenvalue weighted by molar-refractivity contribution is 0.0391. The molecule has 2 heterocycles. The second-order valence-corrected chi connectivity index (χ2v) is 8.76. The Hall–Kier alpha value is -2.55. The average molecular weight is 458 g/mol. The van der Waals surface area contributed by atoms with Gasteiger partial charge in [0.2, 0.25) is 0 Å². The smallest absolute Gasteiger partial charge is 0.260 e. The largest absolute Gasteiger partial charge is 0.494 e. The second kappa shape index (κ2) is 10.8. The number of nitrogens with zero attached hydrogens (tertiary/aromatic N) is 3. The minimum Gasteiger partial charge on any atom is -0.494 e. The fourth-order valence-corrected chi connectivity index (χ4v) is 4.58. The molecule has 0 atom stereocenters. The highest BCUT2D eigenvalue weighted by atomic mass is 32.1. The summed E-state index contributed by atoms with van der Waals surface area (Å²) in [4.78, 5) is 22.2. The van der Waals surface area contributed by atoms with Crippen molar-refractivity contribution in [2.24, 2.45) is 0 Å². The number of benzene rings is 2. The number of anilines is 1. The van der Waals surface area contributed by atoms with Crippen molar-refractivity contribution in [2.45, 2.75) is 19.8 Å². The van der Waals surface area contributed by atoms with Crippen LogP contribution in [0.5, 0.6) is 5.75 Å². The van der Waals surface area contributed by atoms with Crippen molar-refractivity contribution in [1.29, 1.82) is 0 Å². The molecule has 0 unspecified atom stereocenters. The van der Waals surface area contributed by atoms with E-state index in [1.54, 1.807) is 23.1 Å². The third-order valence-electron chi connectivity index (χ3n) is 5.41.